The Labute approximate surface area is 124 Å². The highest BCUT2D eigenvalue weighted by Gasteiger charge is 2.16. The number of nitrogens with one attached hydrogen (secondary N) is 1. The summed E-state index contributed by atoms with van der Waals surface area (Å²) in [7, 11) is 1.31. The highest BCUT2D eigenvalue weighted by Crippen LogP contribution is 2.26. The normalized spacial score (nSPS) is 14.6. The summed E-state index contributed by atoms with van der Waals surface area (Å²) in [5.41, 5.74) is 1.74. The molecule has 0 aromatic heterocycles. The minimum Gasteiger partial charge on any atom is -0.469 e. The van der Waals surface area contributed by atoms with Gasteiger partial charge in [-0.05, 0) is 12.1 Å². The average Bonchev–Trinajstić information content (AvgIpc) is 2.54. The lowest BCUT2D eigenvalue weighted by Crippen LogP contribution is -2.36. The van der Waals surface area contributed by atoms with Gasteiger partial charge in [-0.1, -0.05) is 12.1 Å². The van der Waals surface area contributed by atoms with Gasteiger partial charge < -0.3 is 19.7 Å². The lowest BCUT2D eigenvalue weighted by molar-refractivity contribution is -0.141. The summed E-state index contributed by atoms with van der Waals surface area (Å²) in [6, 6.07) is 7.65. The number of amides is 1. The predicted octanol–water partition coefficient (Wildman–Crippen LogP) is 1.41. The van der Waals surface area contributed by atoms with Crippen molar-refractivity contribution in [3.63, 3.8) is 0 Å². The van der Waals surface area contributed by atoms with Crippen LogP contribution in [0.2, 0.25) is 0 Å². The molecule has 21 heavy (non-hydrogen) atoms. The molecule has 0 radical (unpaired) electrons. The number of methoxy groups -OCH3 is 1. The number of rotatable bonds is 5. The molecule has 1 aliphatic rings. The smallest absolute Gasteiger partial charge is 0.306 e. The van der Waals surface area contributed by atoms with Crippen LogP contribution in [0.1, 0.15) is 12.8 Å². The van der Waals surface area contributed by atoms with Crippen LogP contribution in [0.3, 0.4) is 0 Å². The Bertz CT molecular complexity index is 498. The molecule has 0 bridgehead atoms. The minimum absolute atomic E-state index is 0.0854. The Morgan fingerprint density at radius 3 is 2.67 bits per heavy atom. The Balaban J connectivity index is 1.99. The Morgan fingerprint density at radius 1 is 1.24 bits per heavy atom. The van der Waals surface area contributed by atoms with Gasteiger partial charge >= 0.3 is 5.97 Å². The maximum absolute atomic E-state index is 11.9. The van der Waals surface area contributed by atoms with Crippen LogP contribution in [0, 0.1) is 0 Å². The van der Waals surface area contributed by atoms with Gasteiger partial charge in [0, 0.05) is 19.5 Å². The molecular formula is C15H20N2O4. The lowest BCUT2D eigenvalue weighted by atomic mass is 10.2. The number of esters is 1. The SMILES string of the molecule is COC(=O)CCC(=O)Nc1ccccc1N1CCOCC1. The molecule has 1 fully saturated rings. The van der Waals surface area contributed by atoms with Gasteiger partial charge in [0.25, 0.3) is 0 Å². The Kier molecular flexibility index (Phi) is 5.57. The van der Waals surface area contributed by atoms with Crippen LogP contribution >= 0.6 is 0 Å². The van der Waals surface area contributed by atoms with Gasteiger partial charge in [-0.3, -0.25) is 9.59 Å². The molecule has 0 atom stereocenters. The number of hydrogen-bond acceptors (Lipinski definition) is 5. The zero-order valence-electron chi connectivity index (χ0n) is 12.1. The van der Waals surface area contributed by atoms with E-state index in [0.717, 1.165) is 24.5 Å². The van der Waals surface area contributed by atoms with Crippen molar-refractivity contribution in [3.05, 3.63) is 24.3 Å². The van der Waals surface area contributed by atoms with Crippen molar-refractivity contribution in [1.29, 1.82) is 0 Å². The summed E-state index contributed by atoms with van der Waals surface area (Å²) < 4.78 is 9.87. The second-order valence-corrected chi connectivity index (χ2v) is 4.74. The average molecular weight is 292 g/mol. The molecule has 0 saturated carbocycles. The van der Waals surface area contributed by atoms with Gasteiger partial charge in [-0.2, -0.15) is 0 Å². The van der Waals surface area contributed by atoms with Crippen LogP contribution < -0.4 is 10.2 Å². The fourth-order valence-corrected chi connectivity index (χ4v) is 2.19. The topological polar surface area (TPSA) is 67.9 Å². The second kappa shape index (κ2) is 7.64. The third-order valence-electron chi connectivity index (χ3n) is 3.31. The summed E-state index contributed by atoms with van der Waals surface area (Å²) in [5.74, 6) is -0.576. The summed E-state index contributed by atoms with van der Waals surface area (Å²) in [5, 5.41) is 2.86. The van der Waals surface area contributed by atoms with Gasteiger partial charge in [0.2, 0.25) is 5.91 Å². The molecular weight excluding hydrogens is 272 g/mol. The van der Waals surface area contributed by atoms with E-state index in [1.165, 1.54) is 7.11 Å². The molecule has 1 saturated heterocycles. The van der Waals surface area contributed by atoms with Gasteiger partial charge in [-0.25, -0.2) is 0 Å². The van der Waals surface area contributed by atoms with E-state index in [0.29, 0.717) is 13.2 Å². The molecule has 0 unspecified atom stereocenters. The number of nitrogens with zero attached hydrogens (tertiary/aromatic N) is 1. The van der Waals surface area contributed by atoms with Crippen LogP contribution in [0.25, 0.3) is 0 Å². The molecule has 6 heteroatoms. The zero-order valence-corrected chi connectivity index (χ0v) is 12.1. The molecule has 0 spiro atoms. The maximum Gasteiger partial charge on any atom is 0.306 e. The van der Waals surface area contributed by atoms with E-state index < -0.39 is 0 Å². The summed E-state index contributed by atoms with van der Waals surface area (Å²) >= 11 is 0. The first kappa shape index (κ1) is 15.3. The first-order valence-electron chi connectivity index (χ1n) is 6.99. The Hall–Kier alpha value is -2.08. The van der Waals surface area contributed by atoms with E-state index >= 15 is 0 Å². The summed E-state index contributed by atoms with van der Waals surface area (Å²) in [4.78, 5) is 25.1. The number of anilines is 2. The lowest BCUT2D eigenvalue weighted by Gasteiger charge is -2.30. The molecule has 1 N–H and O–H groups in total. The first-order valence-corrected chi connectivity index (χ1v) is 6.99. The van der Waals surface area contributed by atoms with Crippen molar-refractivity contribution >= 4 is 23.3 Å². The van der Waals surface area contributed by atoms with E-state index in [9.17, 15) is 9.59 Å². The van der Waals surface area contributed by atoms with Crippen LogP contribution in [0.5, 0.6) is 0 Å². The van der Waals surface area contributed by atoms with Crippen LogP contribution in [0.4, 0.5) is 11.4 Å². The monoisotopic (exact) mass is 292 g/mol. The predicted molar refractivity (Wildman–Crippen MR) is 79.4 cm³/mol. The zero-order chi connectivity index (χ0) is 15.1. The molecule has 114 valence electrons. The fraction of sp³-hybridized carbons (Fsp3) is 0.467. The highest BCUT2D eigenvalue weighted by molar-refractivity contribution is 5.95. The van der Waals surface area contributed by atoms with Crippen molar-refractivity contribution in [2.24, 2.45) is 0 Å². The quantitative estimate of drug-likeness (QED) is 0.831. The van der Waals surface area contributed by atoms with Crippen LogP contribution in [0.15, 0.2) is 24.3 Å². The van der Waals surface area contributed by atoms with Crippen molar-refractivity contribution < 1.29 is 19.1 Å². The summed E-state index contributed by atoms with van der Waals surface area (Å²) in [6.45, 7) is 2.97. The number of hydrogen-bond donors (Lipinski definition) is 1. The van der Waals surface area contributed by atoms with Gasteiger partial charge in [0.15, 0.2) is 0 Å². The standard InChI is InChI=1S/C15H20N2O4/c1-20-15(19)7-6-14(18)16-12-4-2-3-5-13(12)17-8-10-21-11-9-17/h2-5H,6-11H2,1H3,(H,16,18). The first-order chi connectivity index (χ1) is 10.2. The third kappa shape index (κ3) is 4.46. The third-order valence-corrected chi connectivity index (χ3v) is 3.31. The summed E-state index contributed by atoms with van der Waals surface area (Å²) in [6.07, 6.45) is 0.201. The molecule has 1 aromatic carbocycles. The van der Waals surface area contributed by atoms with Gasteiger partial charge in [0.1, 0.15) is 0 Å². The van der Waals surface area contributed by atoms with E-state index in [1.54, 1.807) is 0 Å². The van der Waals surface area contributed by atoms with Crippen LogP contribution in [-0.4, -0.2) is 45.3 Å². The number of carbonyl (C=O) groups is 2. The molecule has 2 rings (SSSR count). The highest BCUT2D eigenvalue weighted by atomic mass is 16.5. The fourth-order valence-electron chi connectivity index (χ4n) is 2.19. The van der Waals surface area contributed by atoms with Crippen molar-refractivity contribution in [2.75, 3.05) is 43.6 Å². The maximum atomic E-state index is 11.9. The van der Waals surface area contributed by atoms with Gasteiger partial charge in [0.05, 0.1) is 38.1 Å². The number of para-hydroxylation sites is 2. The molecule has 1 amide bonds. The number of carbonyl (C=O) groups excluding carboxylic acids is 2. The number of morpholine rings is 1. The van der Waals surface area contributed by atoms with E-state index in [1.807, 2.05) is 24.3 Å². The molecule has 1 heterocycles. The molecule has 1 aromatic rings. The van der Waals surface area contributed by atoms with Crippen molar-refractivity contribution in [2.45, 2.75) is 12.8 Å². The van der Waals surface area contributed by atoms with Crippen LogP contribution in [-0.2, 0) is 19.1 Å². The van der Waals surface area contributed by atoms with Gasteiger partial charge in [-0.15, -0.1) is 0 Å². The minimum atomic E-state index is -0.383. The van der Waals surface area contributed by atoms with E-state index in [2.05, 4.69) is 15.0 Å². The van der Waals surface area contributed by atoms with E-state index in [4.69, 9.17) is 4.74 Å². The largest absolute Gasteiger partial charge is 0.469 e. The second-order valence-electron chi connectivity index (χ2n) is 4.74. The Morgan fingerprint density at radius 2 is 1.95 bits per heavy atom. The van der Waals surface area contributed by atoms with E-state index in [-0.39, 0.29) is 24.7 Å². The number of ether oxygens (including phenoxy) is 2. The van der Waals surface area contributed by atoms with Crippen molar-refractivity contribution in [3.8, 4) is 0 Å². The molecule has 1 aliphatic heterocycles. The van der Waals surface area contributed by atoms with Crippen molar-refractivity contribution in [1.82, 2.24) is 0 Å². The molecule has 0 aliphatic carbocycles. The number of benzene rings is 1. The molecule has 6 nitrogen and oxygen atoms in total.